The van der Waals surface area contributed by atoms with Gasteiger partial charge in [-0.25, -0.2) is 0 Å². The zero-order valence-corrected chi connectivity index (χ0v) is 11.8. The van der Waals surface area contributed by atoms with Crippen molar-refractivity contribution < 1.29 is 9.53 Å². The second-order valence-electron chi connectivity index (χ2n) is 4.24. The SMILES string of the molecule is CCC(CC)NC(=O)C(C)Oc1ccc(Cl)cc1. The average Bonchev–Trinajstić information content (AvgIpc) is 2.38. The summed E-state index contributed by atoms with van der Waals surface area (Å²) >= 11 is 5.78. The Hall–Kier alpha value is -1.22. The van der Waals surface area contributed by atoms with Crippen LogP contribution in [0.25, 0.3) is 0 Å². The van der Waals surface area contributed by atoms with Crippen molar-refractivity contribution in [3.8, 4) is 5.75 Å². The van der Waals surface area contributed by atoms with Crippen molar-refractivity contribution in [1.29, 1.82) is 0 Å². The highest BCUT2D eigenvalue weighted by molar-refractivity contribution is 6.30. The lowest BCUT2D eigenvalue weighted by Crippen LogP contribution is -2.42. The van der Waals surface area contributed by atoms with Crippen molar-refractivity contribution in [3.63, 3.8) is 0 Å². The van der Waals surface area contributed by atoms with Crippen LogP contribution in [0.1, 0.15) is 33.6 Å². The molecule has 0 saturated heterocycles. The largest absolute Gasteiger partial charge is 0.481 e. The minimum Gasteiger partial charge on any atom is -0.481 e. The maximum absolute atomic E-state index is 11.9. The van der Waals surface area contributed by atoms with Crippen molar-refractivity contribution in [2.45, 2.75) is 45.8 Å². The predicted molar refractivity (Wildman–Crippen MR) is 74.1 cm³/mol. The van der Waals surface area contributed by atoms with Gasteiger partial charge >= 0.3 is 0 Å². The lowest BCUT2D eigenvalue weighted by Gasteiger charge is -2.19. The Morgan fingerprint density at radius 1 is 1.28 bits per heavy atom. The quantitative estimate of drug-likeness (QED) is 0.859. The molecular formula is C14H20ClNO2. The summed E-state index contributed by atoms with van der Waals surface area (Å²) in [5, 5.41) is 3.61. The Morgan fingerprint density at radius 2 is 1.83 bits per heavy atom. The van der Waals surface area contributed by atoms with Crippen LogP contribution in [-0.4, -0.2) is 18.1 Å². The number of hydrogen-bond donors (Lipinski definition) is 1. The molecule has 100 valence electrons. The van der Waals surface area contributed by atoms with Gasteiger partial charge in [-0.2, -0.15) is 0 Å². The summed E-state index contributed by atoms with van der Waals surface area (Å²) < 4.78 is 5.55. The highest BCUT2D eigenvalue weighted by atomic mass is 35.5. The van der Waals surface area contributed by atoms with Crippen LogP contribution in [0.4, 0.5) is 0 Å². The van der Waals surface area contributed by atoms with E-state index in [9.17, 15) is 4.79 Å². The molecule has 0 heterocycles. The van der Waals surface area contributed by atoms with Gasteiger partial charge in [0.1, 0.15) is 5.75 Å². The van der Waals surface area contributed by atoms with E-state index in [1.54, 1.807) is 31.2 Å². The first-order chi connectivity index (χ1) is 8.56. The second kappa shape index (κ2) is 7.27. The minimum atomic E-state index is -0.508. The summed E-state index contributed by atoms with van der Waals surface area (Å²) in [6.07, 6.45) is 1.35. The van der Waals surface area contributed by atoms with Crippen molar-refractivity contribution in [1.82, 2.24) is 5.32 Å². The Labute approximate surface area is 113 Å². The third-order valence-electron chi connectivity index (χ3n) is 2.83. The van der Waals surface area contributed by atoms with Crippen molar-refractivity contribution >= 4 is 17.5 Å². The predicted octanol–water partition coefficient (Wildman–Crippen LogP) is 3.41. The normalized spacial score (nSPS) is 12.3. The molecule has 4 heteroatoms. The summed E-state index contributed by atoms with van der Waals surface area (Å²) in [6.45, 7) is 5.85. The van der Waals surface area contributed by atoms with Gasteiger partial charge in [-0.05, 0) is 44.0 Å². The van der Waals surface area contributed by atoms with Gasteiger partial charge in [-0.1, -0.05) is 25.4 Å². The van der Waals surface area contributed by atoms with Crippen LogP contribution < -0.4 is 10.1 Å². The Bertz CT molecular complexity index is 374. The van der Waals surface area contributed by atoms with Gasteiger partial charge in [-0.3, -0.25) is 4.79 Å². The molecule has 0 radical (unpaired) electrons. The Morgan fingerprint density at radius 3 is 2.33 bits per heavy atom. The first-order valence-corrected chi connectivity index (χ1v) is 6.67. The van der Waals surface area contributed by atoms with Crippen molar-refractivity contribution in [2.24, 2.45) is 0 Å². The lowest BCUT2D eigenvalue weighted by atomic mass is 10.1. The zero-order chi connectivity index (χ0) is 13.5. The van der Waals surface area contributed by atoms with Crippen LogP contribution in [-0.2, 0) is 4.79 Å². The van der Waals surface area contributed by atoms with Gasteiger partial charge < -0.3 is 10.1 Å². The number of halogens is 1. The van der Waals surface area contributed by atoms with Gasteiger partial charge in [0.05, 0.1) is 0 Å². The molecule has 0 fully saturated rings. The van der Waals surface area contributed by atoms with Crippen LogP contribution in [0.2, 0.25) is 5.02 Å². The maximum Gasteiger partial charge on any atom is 0.260 e. The van der Waals surface area contributed by atoms with Gasteiger partial charge in [0.15, 0.2) is 6.10 Å². The highest BCUT2D eigenvalue weighted by Crippen LogP contribution is 2.16. The van der Waals surface area contributed by atoms with Crippen LogP contribution >= 0.6 is 11.6 Å². The second-order valence-corrected chi connectivity index (χ2v) is 4.67. The fourth-order valence-corrected chi connectivity index (χ4v) is 1.71. The molecule has 0 spiro atoms. The topological polar surface area (TPSA) is 38.3 Å². The number of rotatable bonds is 6. The molecule has 0 saturated carbocycles. The summed E-state index contributed by atoms with van der Waals surface area (Å²) in [5.74, 6) is 0.560. The number of benzene rings is 1. The number of ether oxygens (including phenoxy) is 1. The third-order valence-corrected chi connectivity index (χ3v) is 3.08. The van der Waals surface area contributed by atoms with Crippen LogP contribution in [0.15, 0.2) is 24.3 Å². The molecule has 3 nitrogen and oxygen atoms in total. The van der Waals surface area contributed by atoms with E-state index in [1.807, 2.05) is 0 Å². The molecule has 1 aromatic rings. The number of amides is 1. The summed E-state index contributed by atoms with van der Waals surface area (Å²) in [5.41, 5.74) is 0. The molecule has 0 bridgehead atoms. The first-order valence-electron chi connectivity index (χ1n) is 6.29. The van der Waals surface area contributed by atoms with E-state index in [0.717, 1.165) is 12.8 Å². The number of carbonyl (C=O) groups excluding carboxylic acids is 1. The smallest absolute Gasteiger partial charge is 0.260 e. The molecule has 1 atom stereocenters. The monoisotopic (exact) mass is 269 g/mol. The van der Waals surface area contributed by atoms with E-state index in [1.165, 1.54) is 0 Å². The Kier molecular flexibility index (Phi) is 5.99. The molecule has 1 N–H and O–H groups in total. The van der Waals surface area contributed by atoms with Crippen LogP contribution in [0, 0.1) is 0 Å². The Balaban J connectivity index is 2.51. The summed E-state index contributed by atoms with van der Waals surface area (Å²) in [4.78, 5) is 11.9. The molecule has 18 heavy (non-hydrogen) atoms. The number of carbonyl (C=O) groups is 1. The van der Waals surface area contributed by atoms with E-state index in [0.29, 0.717) is 10.8 Å². The molecular weight excluding hydrogens is 250 g/mol. The van der Waals surface area contributed by atoms with Crippen molar-refractivity contribution in [3.05, 3.63) is 29.3 Å². The molecule has 1 aromatic carbocycles. The van der Waals surface area contributed by atoms with E-state index in [-0.39, 0.29) is 11.9 Å². The maximum atomic E-state index is 11.9. The van der Waals surface area contributed by atoms with E-state index in [2.05, 4.69) is 19.2 Å². The molecule has 1 unspecified atom stereocenters. The summed E-state index contributed by atoms with van der Waals surface area (Å²) in [6, 6.07) is 7.20. The van der Waals surface area contributed by atoms with Gasteiger partial charge in [0.2, 0.25) is 0 Å². The fraction of sp³-hybridized carbons (Fsp3) is 0.500. The van der Waals surface area contributed by atoms with E-state index >= 15 is 0 Å². The highest BCUT2D eigenvalue weighted by Gasteiger charge is 2.17. The number of nitrogens with one attached hydrogen (secondary N) is 1. The molecule has 0 aromatic heterocycles. The zero-order valence-electron chi connectivity index (χ0n) is 11.1. The van der Waals surface area contributed by atoms with Gasteiger partial charge in [0, 0.05) is 11.1 Å². The molecule has 1 amide bonds. The molecule has 0 aliphatic rings. The van der Waals surface area contributed by atoms with Crippen LogP contribution in [0.5, 0.6) is 5.75 Å². The van der Waals surface area contributed by atoms with E-state index in [4.69, 9.17) is 16.3 Å². The number of hydrogen-bond acceptors (Lipinski definition) is 2. The molecule has 0 aliphatic carbocycles. The van der Waals surface area contributed by atoms with Gasteiger partial charge in [0.25, 0.3) is 5.91 Å². The van der Waals surface area contributed by atoms with E-state index < -0.39 is 6.10 Å². The lowest BCUT2D eigenvalue weighted by molar-refractivity contribution is -0.128. The van der Waals surface area contributed by atoms with Gasteiger partial charge in [-0.15, -0.1) is 0 Å². The fourth-order valence-electron chi connectivity index (χ4n) is 1.58. The minimum absolute atomic E-state index is 0.0846. The first kappa shape index (κ1) is 14.8. The third kappa shape index (κ3) is 4.57. The molecule has 0 aliphatic heterocycles. The average molecular weight is 270 g/mol. The van der Waals surface area contributed by atoms with Crippen molar-refractivity contribution in [2.75, 3.05) is 0 Å². The summed E-state index contributed by atoms with van der Waals surface area (Å²) in [7, 11) is 0. The van der Waals surface area contributed by atoms with Crippen LogP contribution in [0.3, 0.4) is 0 Å². The molecule has 1 rings (SSSR count). The standard InChI is InChI=1S/C14H20ClNO2/c1-4-12(5-2)16-14(17)10(3)18-13-8-6-11(15)7-9-13/h6-10,12H,4-5H2,1-3H3,(H,16,17).